The van der Waals surface area contributed by atoms with Gasteiger partial charge in [-0.3, -0.25) is 4.72 Å². The summed E-state index contributed by atoms with van der Waals surface area (Å²) in [6, 6.07) is 13.5. The highest BCUT2D eigenvalue weighted by atomic mass is 32.2. The zero-order valence-electron chi connectivity index (χ0n) is 11.5. The van der Waals surface area contributed by atoms with E-state index in [1.54, 1.807) is 18.2 Å². The summed E-state index contributed by atoms with van der Waals surface area (Å²) in [6.07, 6.45) is 0.845. The van der Waals surface area contributed by atoms with Gasteiger partial charge in [0.2, 0.25) is 0 Å². The van der Waals surface area contributed by atoms with Crippen LogP contribution in [0, 0.1) is 0 Å². The van der Waals surface area contributed by atoms with Crippen LogP contribution in [0.2, 0.25) is 0 Å². The van der Waals surface area contributed by atoms with Gasteiger partial charge in [0.05, 0.1) is 4.90 Å². The van der Waals surface area contributed by atoms with E-state index >= 15 is 0 Å². The molecule has 0 aliphatic rings. The smallest absolute Gasteiger partial charge is 0.261 e. The van der Waals surface area contributed by atoms with Crippen LogP contribution in [0.5, 0.6) is 0 Å². The lowest BCUT2D eigenvalue weighted by Gasteiger charge is -2.09. The number of nitrogens with one attached hydrogen (secondary N) is 1. The van der Waals surface area contributed by atoms with E-state index in [9.17, 15) is 8.42 Å². The van der Waals surface area contributed by atoms with Crippen molar-refractivity contribution < 1.29 is 8.42 Å². The molecule has 0 saturated heterocycles. The standard InChI is InChI=1S/C15H16N2O2S2/c1-2-11-4-3-5-13(10-11)17-21(18,19)14-8-6-12(7-9-14)15(16)20/h3-10,17H,2H2,1H3,(H2,16,20). The summed E-state index contributed by atoms with van der Waals surface area (Å²) in [6.45, 7) is 2.02. The van der Waals surface area contributed by atoms with Gasteiger partial charge in [-0.05, 0) is 36.2 Å². The van der Waals surface area contributed by atoms with Gasteiger partial charge in [0.25, 0.3) is 10.0 Å². The second kappa shape index (κ2) is 6.24. The number of hydrogen-bond acceptors (Lipinski definition) is 3. The number of thiocarbonyl (C=S) groups is 1. The Morgan fingerprint density at radius 2 is 1.86 bits per heavy atom. The van der Waals surface area contributed by atoms with Crippen molar-refractivity contribution in [2.75, 3.05) is 4.72 Å². The average molecular weight is 320 g/mol. The zero-order valence-corrected chi connectivity index (χ0v) is 13.2. The van der Waals surface area contributed by atoms with Gasteiger partial charge >= 0.3 is 0 Å². The molecule has 0 saturated carbocycles. The maximum Gasteiger partial charge on any atom is 0.261 e. The van der Waals surface area contributed by atoms with Crippen LogP contribution in [0.3, 0.4) is 0 Å². The van der Waals surface area contributed by atoms with E-state index in [0.717, 1.165) is 12.0 Å². The van der Waals surface area contributed by atoms with Crippen molar-refractivity contribution >= 4 is 32.9 Å². The predicted octanol–water partition coefficient (Wildman–Crippen LogP) is 2.68. The van der Waals surface area contributed by atoms with Crippen LogP contribution in [0.15, 0.2) is 53.4 Å². The van der Waals surface area contributed by atoms with Gasteiger partial charge in [-0.1, -0.05) is 43.4 Å². The van der Waals surface area contributed by atoms with Crippen molar-refractivity contribution in [2.24, 2.45) is 5.73 Å². The van der Waals surface area contributed by atoms with Crippen LogP contribution >= 0.6 is 12.2 Å². The maximum atomic E-state index is 12.3. The number of aryl methyl sites for hydroxylation is 1. The number of nitrogens with two attached hydrogens (primary N) is 1. The normalized spacial score (nSPS) is 11.1. The van der Waals surface area contributed by atoms with Gasteiger partial charge in [0.1, 0.15) is 4.99 Å². The third-order valence-corrected chi connectivity index (χ3v) is 4.67. The highest BCUT2D eigenvalue weighted by Crippen LogP contribution is 2.18. The maximum absolute atomic E-state index is 12.3. The Morgan fingerprint density at radius 3 is 2.43 bits per heavy atom. The van der Waals surface area contributed by atoms with Crippen molar-refractivity contribution in [3.05, 3.63) is 59.7 Å². The van der Waals surface area contributed by atoms with E-state index in [-0.39, 0.29) is 9.88 Å². The zero-order chi connectivity index (χ0) is 15.5. The molecule has 110 valence electrons. The van der Waals surface area contributed by atoms with Crippen LogP contribution in [0.1, 0.15) is 18.1 Å². The SMILES string of the molecule is CCc1cccc(NS(=O)(=O)c2ccc(C(N)=S)cc2)c1. The van der Waals surface area contributed by atoms with Gasteiger partial charge in [-0.2, -0.15) is 0 Å². The van der Waals surface area contributed by atoms with Gasteiger partial charge < -0.3 is 5.73 Å². The molecule has 0 heterocycles. The quantitative estimate of drug-likeness (QED) is 0.831. The topological polar surface area (TPSA) is 72.2 Å². The third-order valence-electron chi connectivity index (χ3n) is 3.04. The van der Waals surface area contributed by atoms with E-state index in [2.05, 4.69) is 4.72 Å². The molecule has 3 N–H and O–H groups in total. The molecule has 2 aromatic rings. The molecule has 0 aromatic heterocycles. The first-order valence-corrected chi connectivity index (χ1v) is 8.33. The lowest BCUT2D eigenvalue weighted by molar-refractivity contribution is 0.601. The monoisotopic (exact) mass is 320 g/mol. The third kappa shape index (κ3) is 3.80. The molecule has 2 aromatic carbocycles. The minimum atomic E-state index is -3.61. The fourth-order valence-corrected chi connectivity index (χ4v) is 3.05. The summed E-state index contributed by atoms with van der Waals surface area (Å²) in [4.78, 5) is 0.409. The lowest BCUT2D eigenvalue weighted by Crippen LogP contribution is -2.14. The molecule has 0 aliphatic carbocycles. The van der Waals surface area contributed by atoms with Crippen molar-refractivity contribution in [3.8, 4) is 0 Å². The van der Waals surface area contributed by atoms with Crippen LogP contribution < -0.4 is 10.5 Å². The van der Waals surface area contributed by atoms with Crippen molar-refractivity contribution in [3.63, 3.8) is 0 Å². The Bertz CT molecular complexity index is 753. The summed E-state index contributed by atoms with van der Waals surface area (Å²) < 4.78 is 27.2. The fourth-order valence-electron chi connectivity index (χ4n) is 1.87. The molecule has 0 spiro atoms. The van der Waals surface area contributed by atoms with Crippen LogP contribution in [-0.4, -0.2) is 13.4 Å². The summed E-state index contributed by atoms with van der Waals surface area (Å²) in [5.74, 6) is 0. The molecule has 21 heavy (non-hydrogen) atoms. The summed E-state index contributed by atoms with van der Waals surface area (Å²) >= 11 is 4.84. The Balaban J connectivity index is 2.27. The van der Waals surface area contributed by atoms with Gasteiger partial charge in [-0.15, -0.1) is 0 Å². The van der Waals surface area contributed by atoms with Gasteiger partial charge in [-0.25, -0.2) is 8.42 Å². The minimum absolute atomic E-state index is 0.171. The summed E-state index contributed by atoms with van der Waals surface area (Å²) in [7, 11) is -3.61. The molecule has 0 fully saturated rings. The van der Waals surface area contributed by atoms with E-state index in [4.69, 9.17) is 18.0 Å². The summed E-state index contributed by atoms with van der Waals surface area (Å²) in [5, 5.41) is 0. The Labute approximate surface area is 130 Å². The second-order valence-electron chi connectivity index (χ2n) is 4.55. The minimum Gasteiger partial charge on any atom is -0.389 e. The largest absolute Gasteiger partial charge is 0.389 e. The van der Waals surface area contributed by atoms with Crippen molar-refractivity contribution in [1.82, 2.24) is 0 Å². The number of rotatable bonds is 5. The predicted molar refractivity (Wildman–Crippen MR) is 89.0 cm³/mol. The first kappa shape index (κ1) is 15.5. The molecule has 0 aliphatic heterocycles. The Hall–Kier alpha value is -1.92. The number of anilines is 1. The second-order valence-corrected chi connectivity index (χ2v) is 6.67. The number of hydrogen-bond donors (Lipinski definition) is 2. The molecule has 0 atom stereocenters. The summed E-state index contributed by atoms with van der Waals surface area (Å²) in [5.41, 5.74) is 7.75. The van der Waals surface area contributed by atoms with Gasteiger partial charge in [0.15, 0.2) is 0 Å². The first-order valence-electron chi connectivity index (χ1n) is 6.44. The van der Waals surface area contributed by atoms with Crippen LogP contribution in [0.25, 0.3) is 0 Å². The average Bonchev–Trinajstić information content (AvgIpc) is 2.47. The lowest BCUT2D eigenvalue weighted by atomic mass is 10.1. The molecule has 4 nitrogen and oxygen atoms in total. The molecular formula is C15H16N2O2S2. The van der Waals surface area contributed by atoms with E-state index < -0.39 is 10.0 Å². The Morgan fingerprint density at radius 1 is 1.19 bits per heavy atom. The fraction of sp³-hybridized carbons (Fsp3) is 0.133. The Kier molecular flexibility index (Phi) is 4.59. The number of benzene rings is 2. The van der Waals surface area contributed by atoms with E-state index in [1.165, 1.54) is 12.1 Å². The molecular weight excluding hydrogens is 304 g/mol. The molecule has 0 bridgehead atoms. The molecule has 0 amide bonds. The first-order chi connectivity index (χ1) is 9.92. The molecule has 0 radical (unpaired) electrons. The van der Waals surface area contributed by atoms with Crippen LogP contribution in [0.4, 0.5) is 5.69 Å². The molecule has 6 heteroatoms. The molecule has 0 unspecified atom stereocenters. The van der Waals surface area contributed by atoms with E-state index in [1.807, 2.05) is 25.1 Å². The van der Waals surface area contributed by atoms with Crippen molar-refractivity contribution in [2.45, 2.75) is 18.2 Å². The number of sulfonamides is 1. The van der Waals surface area contributed by atoms with Gasteiger partial charge in [0, 0.05) is 11.3 Å². The highest BCUT2D eigenvalue weighted by molar-refractivity contribution is 7.92. The highest BCUT2D eigenvalue weighted by Gasteiger charge is 2.14. The molecule has 2 rings (SSSR count). The van der Waals surface area contributed by atoms with E-state index in [0.29, 0.717) is 11.3 Å². The van der Waals surface area contributed by atoms with Crippen LogP contribution in [-0.2, 0) is 16.4 Å². The van der Waals surface area contributed by atoms with Crippen molar-refractivity contribution in [1.29, 1.82) is 0 Å².